The van der Waals surface area contributed by atoms with Crippen LogP contribution in [0.15, 0.2) is 18.2 Å². The van der Waals surface area contributed by atoms with Crippen molar-refractivity contribution in [1.82, 2.24) is 0 Å². The molecule has 7 heteroatoms. The van der Waals surface area contributed by atoms with Gasteiger partial charge in [0.05, 0.1) is 11.4 Å². The van der Waals surface area contributed by atoms with Gasteiger partial charge in [0.15, 0.2) is 0 Å². The molecule has 0 unspecified atom stereocenters. The molecule has 0 aliphatic heterocycles. The maximum absolute atomic E-state index is 12.7. The van der Waals surface area contributed by atoms with Crippen LogP contribution in [-0.4, -0.2) is 11.5 Å². The van der Waals surface area contributed by atoms with E-state index in [1.807, 2.05) is 0 Å². The normalized spacial score (nSPS) is 11.3. The van der Waals surface area contributed by atoms with Crippen LogP contribution in [0.5, 0.6) is 0 Å². The van der Waals surface area contributed by atoms with Gasteiger partial charge in [-0.15, -0.1) is 0 Å². The molecule has 0 saturated heterocycles. The van der Waals surface area contributed by atoms with E-state index in [-0.39, 0.29) is 35.0 Å². The number of amidine groups is 1. The molecular formula is C11H11ClF3N3. The fraction of sp³-hybridized carbons (Fsp3) is 0.273. The molecule has 0 aliphatic carbocycles. The molecule has 0 bridgehead atoms. The SMILES string of the molecule is N=C(N)CC(=N)Cc1ccc(Cl)cc1C(F)(F)F. The largest absolute Gasteiger partial charge is 0.416 e. The predicted molar refractivity (Wildman–Crippen MR) is 64.4 cm³/mol. The lowest BCUT2D eigenvalue weighted by Gasteiger charge is -2.13. The summed E-state index contributed by atoms with van der Waals surface area (Å²) in [4.78, 5) is 0. The lowest BCUT2D eigenvalue weighted by atomic mass is 10.00. The summed E-state index contributed by atoms with van der Waals surface area (Å²) in [5.41, 5.74) is 4.15. The summed E-state index contributed by atoms with van der Waals surface area (Å²) >= 11 is 5.54. The summed E-state index contributed by atoms with van der Waals surface area (Å²) in [6, 6.07) is 3.41. The Morgan fingerprint density at radius 1 is 1.28 bits per heavy atom. The Labute approximate surface area is 107 Å². The molecule has 1 aromatic rings. The third kappa shape index (κ3) is 4.03. The maximum Gasteiger partial charge on any atom is 0.416 e. The van der Waals surface area contributed by atoms with E-state index in [1.165, 1.54) is 12.1 Å². The number of hydrogen-bond acceptors (Lipinski definition) is 2. The van der Waals surface area contributed by atoms with Crippen LogP contribution >= 0.6 is 11.6 Å². The number of alkyl halides is 3. The van der Waals surface area contributed by atoms with Gasteiger partial charge in [0, 0.05) is 23.6 Å². The van der Waals surface area contributed by atoms with Crippen molar-refractivity contribution in [2.45, 2.75) is 19.0 Å². The molecule has 0 radical (unpaired) electrons. The quantitative estimate of drug-likeness (QED) is 0.573. The van der Waals surface area contributed by atoms with Crippen molar-refractivity contribution in [3.8, 4) is 0 Å². The van der Waals surface area contributed by atoms with Crippen molar-refractivity contribution in [2.24, 2.45) is 5.73 Å². The number of benzene rings is 1. The van der Waals surface area contributed by atoms with E-state index in [4.69, 9.17) is 28.2 Å². The van der Waals surface area contributed by atoms with Gasteiger partial charge in [0.1, 0.15) is 0 Å². The second-order valence-corrected chi connectivity index (χ2v) is 4.22. The number of halogens is 4. The first-order valence-electron chi connectivity index (χ1n) is 4.95. The van der Waals surface area contributed by atoms with Crippen LogP contribution < -0.4 is 5.73 Å². The zero-order valence-corrected chi connectivity index (χ0v) is 9.99. The average molecular weight is 278 g/mol. The van der Waals surface area contributed by atoms with Crippen molar-refractivity contribution < 1.29 is 13.2 Å². The monoisotopic (exact) mass is 277 g/mol. The molecule has 18 heavy (non-hydrogen) atoms. The minimum atomic E-state index is -4.52. The van der Waals surface area contributed by atoms with E-state index in [1.54, 1.807) is 0 Å². The standard InChI is InChI=1S/C11H11ClF3N3/c12-7-2-1-6(3-8(16)5-10(17)18)9(4-7)11(13,14)15/h1-2,4,16H,3,5H2,(H3,17,18). The smallest absolute Gasteiger partial charge is 0.387 e. The predicted octanol–water partition coefficient (Wildman–Crippen LogP) is 3.25. The van der Waals surface area contributed by atoms with Gasteiger partial charge in [0.25, 0.3) is 0 Å². The maximum atomic E-state index is 12.7. The Kier molecular flexibility index (Phi) is 4.34. The van der Waals surface area contributed by atoms with Gasteiger partial charge in [-0.3, -0.25) is 5.41 Å². The minimum Gasteiger partial charge on any atom is -0.387 e. The summed E-state index contributed by atoms with van der Waals surface area (Å²) < 4.78 is 38.2. The highest BCUT2D eigenvalue weighted by Crippen LogP contribution is 2.34. The van der Waals surface area contributed by atoms with E-state index in [0.717, 1.165) is 6.07 Å². The van der Waals surface area contributed by atoms with Gasteiger partial charge in [-0.05, 0) is 17.7 Å². The second kappa shape index (κ2) is 5.39. The van der Waals surface area contributed by atoms with Crippen LogP contribution in [0.2, 0.25) is 5.02 Å². The number of nitrogens with one attached hydrogen (secondary N) is 2. The molecule has 0 spiro atoms. The highest BCUT2D eigenvalue weighted by Gasteiger charge is 2.33. The summed E-state index contributed by atoms with van der Waals surface area (Å²) in [7, 11) is 0. The third-order valence-corrected chi connectivity index (χ3v) is 2.42. The molecular weight excluding hydrogens is 267 g/mol. The van der Waals surface area contributed by atoms with Crippen molar-refractivity contribution in [3.05, 3.63) is 34.3 Å². The van der Waals surface area contributed by atoms with Gasteiger partial charge in [0.2, 0.25) is 0 Å². The molecule has 1 rings (SSSR count). The Morgan fingerprint density at radius 3 is 2.39 bits per heavy atom. The van der Waals surface area contributed by atoms with Gasteiger partial charge in [-0.1, -0.05) is 17.7 Å². The van der Waals surface area contributed by atoms with Gasteiger partial charge in [-0.25, -0.2) is 0 Å². The zero-order valence-electron chi connectivity index (χ0n) is 9.24. The van der Waals surface area contributed by atoms with Gasteiger partial charge in [-0.2, -0.15) is 13.2 Å². The van der Waals surface area contributed by atoms with E-state index in [2.05, 4.69) is 0 Å². The molecule has 4 N–H and O–H groups in total. The first kappa shape index (κ1) is 14.5. The molecule has 98 valence electrons. The molecule has 0 aromatic heterocycles. The fourth-order valence-electron chi connectivity index (χ4n) is 1.49. The number of hydrogen-bond donors (Lipinski definition) is 3. The molecule has 0 atom stereocenters. The second-order valence-electron chi connectivity index (χ2n) is 3.78. The molecule has 0 fully saturated rings. The molecule has 3 nitrogen and oxygen atoms in total. The molecule has 0 saturated carbocycles. The number of nitrogens with two attached hydrogens (primary N) is 1. The topological polar surface area (TPSA) is 73.7 Å². The summed E-state index contributed by atoms with van der Waals surface area (Å²) in [6.45, 7) is 0. The first-order chi connectivity index (χ1) is 8.20. The summed E-state index contributed by atoms with van der Waals surface area (Å²) in [5.74, 6) is -0.248. The Hall–Kier alpha value is -1.56. The van der Waals surface area contributed by atoms with Crippen molar-refractivity contribution >= 4 is 23.1 Å². The van der Waals surface area contributed by atoms with Crippen LogP contribution in [0.4, 0.5) is 13.2 Å². The summed E-state index contributed by atoms with van der Waals surface area (Å²) in [5, 5.41) is 14.5. The summed E-state index contributed by atoms with van der Waals surface area (Å²) in [6.07, 6.45) is -4.86. The van der Waals surface area contributed by atoms with Gasteiger partial charge >= 0.3 is 6.18 Å². The van der Waals surface area contributed by atoms with Crippen molar-refractivity contribution in [3.63, 3.8) is 0 Å². The van der Waals surface area contributed by atoms with E-state index in [0.29, 0.717) is 0 Å². The van der Waals surface area contributed by atoms with Crippen LogP contribution in [0.25, 0.3) is 0 Å². The zero-order chi connectivity index (χ0) is 13.9. The van der Waals surface area contributed by atoms with E-state index < -0.39 is 11.7 Å². The van der Waals surface area contributed by atoms with Crippen LogP contribution in [0.3, 0.4) is 0 Å². The van der Waals surface area contributed by atoms with Crippen LogP contribution in [-0.2, 0) is 12.6 Å². The van der Waals surface area contributed by atoms with Crippen molar-refractivity contribution in [1.29, 1.82) is 10.8 Å². The average Bonchev–Trinajstić information content (AvgIpc) is 2.17. The molecule has 0 heterocycles. The van der Waals surface area contributed by atoms with E-state index >= 15 is 0 Å². The molecule has 1 aromatic carbocycles. The Bertz CT molecular complexity index is 483. The highest BCUT2D eigenvalue weighted by molar-refractivity contribution is 6.30. The highest BCUT2D eigenvalue weighted by atomic mass is 35.5. The van der Waals surface area contributed by atoms with Crippen molar-refractivity contribution in [2.75, 3.05) is 0 Å². The molecule has 0 aliphatic rings. The van der Waals surface area contributed by atoms with Crippen LogP contribution in [0, 0.1) is 10.8 Å². The number of rotatable bonds is 4. The van der Waals surface area contributed by atoms with E-state index in [9.17, 15) is 13.2 Å². The van der Waals surface area contributed by atoms with Crippen LogP contribution in [0.1, 0.15) is 17.5 Å². The first-order valence-corrected chi connectivity index (χ1v) is 5.32. The van der Waals surface area contributed by atoms with Gasteiger partial charge < -0.3 is 11.1 Å². The molecule has 0 amide bonds. The lowest BCUT2D eigenvalue weighted by molar-refractivity contribution is -0.138. The Balaban J connectivity index is 3.02. The Morgan fingerprint density at radius 2 is 1.89 bits per heavy atom. The lowest BCUT2D eigenvalue weighted by Crippen LogP contribution is -2.18. The minimum absolute atomic E-state index is 0.0100. The third-order valence-electron chi connectivity index (χ3n) is 2.18. The fourth-order valence-corrected chi connectivity index (χ4v) is 1.66.